The molecular formula is C18H24N6O. The highest BCUT2D eigenvalue weighted by atomic mass is 16.5. The van der Waals surface area contributed by atoms with Gasteiger partial charge in [0.2, 0.25) is 11.9 Å². The summed E-state index contributed by atoms with van der Waals surface area (Å²) in [4.78, 5) is 22.4. The van der Waals surface area contributed by atoms with Gasteiger partial charge in [-0.15, -0.1) is 0 Å². The number of aryl methyl sites for hydroxylation is 1. The highest BCUT2D eigenvalue weighted by Gasteiger charge is 2.41. The summed E-state index contributed by atoms with van der Waals surface area (Å²) in [5, 5.41) is 0. The molecule has 4 heterocycles. The standard InChI is InChI=1S/C18H24N6O/c1-2-15-11-21-17(22-12-15)24-9-10-25-18(14-24)5-3-8-23(13-18)16-19-6-4-7-20-16/h4,6-7,11-12H,2-3,5,8-10,13-14H2,1H3/t18-/m1/s1. The molecule has 0 bridgehead atoms. The van der Waals surface area contributed by atoms with Gasteiger partial charge in [0.15, 0.2) is 0 Å². The average Bonchev–Trinajstić information content (AvgIpc) is 2.69. The molecule has 0 aliphatic carbocycles. The predicted molar refractivity (Wildman–Crippen MR) is 95.8 cm³/mol. The summed E-state index contributed by atoms with van der Waals surface area (Å²) in [7, 11) is 0. The summed E-state index contributed by atoms with van der Waals surface area (Å²) in [5.74, 6) is 1.58. The van der Waals surface area contributed by atoms with Crippen LogP contribution in [-0.4, -0.2) is 58.3 Å². The first-order chi connectivity index (χ1) is 12.3. The Bertz CT molecular complexity index is 690. The van der Waals surface area contributed by atoms with Crippen molar-refractivity contribution >= 4 is 11.9 Å². The van der Waals surface area contributed by atoms with Crippen molar-refractivity contribution < 1.29 is 4.74 Å². The van der Waals surface area contributed by atoms with Gasteiger partial charge in [-0.25, -0.2) is 19.9 Å². The summed E-state index contributed by atoms with van der Waals surface area (Å²) < 4.78 is 6.26. The Morgan fingerprint density at radius 1 is 1.00 bits per heavy atom. The van der Waals surface area contributed by atoms with E-state index in [4.69, 9.17) is 4.74 Å². The number of hydrogen-bond acceptors (Lipinski definition) is 7. The molecule has 0 amide bonds. The molecule has 2 aliphatic rings. The van der Waals surface area contributed by atoms with Gasteiger partial charge in [-0.05, 0) is 30.9 Å². The predicted octanol–water partition coefficient (Wildman–Crippen LogP) is 1.70. The van der Waals surface area contributed by atoms with E-state index in [-0.39, 0.29) is 5.60 Å². The monoisotopic (exact) mass is 340 g/mol. The van der Waals surface area contributed by atoms with E-state index in [0.29, 0.717) is 6.61 Å². The average molecular weight is 340 g/mol. The van der Waals surface area contributed by atoms with Gasteiger partial charge in [-0.1, -0.05) is 6.92 Å². The molecule has 0 aromatic carbocycles. The van der Waals surface area contributed by atoms with Crippen molar-refractivity contribution in [1.29, 1.82) is 0 Å². The van der Waals surface area contributed by atoms with E-state index in [9.17, 15) is 0 Å². The molecule has 2 aromatic heterocycles. The third-order valence-corrected chi connectivity index (χ3v) is 5.01. The zero-order valence-electron chi connectivity index (χ0n) is 14.6. The van der Waals surface area contributed by atoms with Crippen LogP contribution in [0.25, 0.3) is 0 Å². The zero-order chi connectivity index (χ0) is 17.1. The Morgan fingerprint density at radius 2 is 1.68 bits per heavy atom. The van der Waals surface area contributed by atoms with Crippen molar-refractivity contribution in [3.8, 4) is 0 Å². The first kappa shape index (κ1) is 16.2. The Morgan fingerprint density at radius 3 is 2.40 bits per heavy atom. The van der Waals surface area contributed by atoms with E-state index in [1.165, 1.54) is 0 Å². The third kappa shape index (κ3) is 3.42. The number of aromatic nitrogens is 4. The second-order valence-electron chi connectivity index (χ2n) is 6.77. The van der Waals surface area contributed by atoms with Crippen LogP contribution in [0.4, 0.5) is 11.9 Å². The Hall–Kier alpha value is -2.28. The number of ether oxygens (including phenoxy) is 1. The molecule has 7 nitrogen and oxygen atoms in total. The van der Waals surface area contributed by atoms with E-state index in [1.807, 2.05) is 18.5 Å². The SMILES string of the molecule is CCc1cnc(N2CCO[C@@]3(CCCN(c4ncccn4)C3)C2)nc1. The molecule has 2 aromatic rings. The van der Waals surface area contributed by atoms with E-state index in [2.05, 4.69) is 36.7 Å². The Labute approximate surface area is 148 Å². The molecule has 0 saturated carbocycles. The number of rotatable bonds is 3. The molecular weight excluding hydrogens is 316 g/mol. The number of anilines is 2. The zero-order valence-corrected chi connectivity index (χ0v) is 14.6. The first-order valence-corrected chi connectivity index (χ1v) is 9.00. The molecule has 4 rings (SSSR count). The maximum Gasteiger partial charge on any atom is 0.225 e. The summed E-state index contributed by atoms with van der Waals surface area (Å²) in [6, 6.07) is 1.85. The van der Waals surface area contributed by atoms with Gasteiger partial charge >= 0.3 is 0 Å². The van der Waals surface area contributed by atoms with Crippen LogP contribution in [0.1, 0.15) is 25.3 Å². The molecule has 2 aliphatic heterocycles. The van der Waals surface area contributed by atoms with Crippen molar-refractivity contribution in [2.45, 2.75) is 31.8 Å². The molecule has 2 saturated heterocycles. The van der Waals surface area contributed by atoms with Crippen molar-refractivity contribution in [1.82, 2.24) is 19.9 Å². The van der Waals surface area contributed by atoms with Crippen LogP contribution in [0.15, 0.2) is 30.9 Å². The Kier molecular flexibility index (Phi) is 4.48. The van der Waals surface area contributed by atoms with Gasteiger partial charge in [-0.3, -0.25) is 0 Å². The maximum absolute atomic E-state index is 6.26. The number of morpholine rings is 1. The van der Waals surface area contributed by atoms with Gasteiger partial charge in [0.25, 0.3) is 0 Å². The van der Waals surface area contributed by atoms with E-state index >= 15 is 0 Å². The van der Waals surface area contributed by atoms with Crippen LogP contribution < -0.4 is 9.80 Å². The first-order valence-electron chi connectivity index (χ1n) is 9.00. The Balaban J connectivity index is 1.50. The van der Waals surface area contributed by atoms with E-state index < -0.39 is 0 Å². The highest BCUT2D eigenvalue weighted by Crippen LogP contribution is 2.31. The van der Waals surface area contributed by atoms with Crippen LogP contribution in [-0.2, 0) is 11.2 Å². The largest absolute Gasteiger partial charge is 0.369 e. The topological polar surface area (TPSA) is 67.3 Å². The fraction of sp³-hybridized carbons (Fsp3) is 0.556. The minimum Gasteiger partial charge on any atom is -0.369 e. The van der Waals surface area contributed by atoms with Crippen molar-refractivity contribution in [2.24, 2.45) is 0 Å². The van der Waals surface area contributed by atoms with E-state index in [1.54, 1.807) is 12.4 Å². The van der Waals surface area contributed by atoms with Crippen LogP contribution in [0, 0.1) is 0 Å². The summed E-state index contributed by atoms with van der Waals surface area (Å²) >= 11 is 0. The third-order valence-electron chi connectivity index (χ3n) is 5.01. The summed E-state index contributed by atoms with van der Waals surface area (Å²) in [6.45, 7) is 6.22. The van der Waals surface area contributed by atoms with Crippen molar-refractivity contribution in [3.05, 3.63) is 36.4 Å². The molecule has 1 atom stereocenters. The van der Waals surface area contributed by atoms with Gasteiger partial charge in [-0.2, -0.15) is 0 Å². The van der Waals surface area contributed by atoms with Gasteiger partial charge in [0.1, 0.15) is 5.60 Å². The molecule has 25 heavy (non-hydrogen) atoms. The number of piperidine rings is 1. The second kappa shape index (κ2) is 6.92. The normalized spacial score (nSPS) is 23.9. The minimum absolute atomic E-state index is 0.206. The second-order valence-corrected chi connectivity index (χ2v) is 6.77. The van der Waals surface area contributed by atoms with Gasteiger partial charge < -0.3 is 14.5 Å². The molecule has 2 fully saturated rings. The minimum atomic E-state index is -0.206. The lowest BCUT2D eigenvalue weighted by atomic mass is 9.91. The number of nitrogens with zero attached hydrogens (tertiary/aromatic N) is 6. The highest BCUT2D eigenvalue weighted by molar-refractivity contribution is 5.35. The van der Waals surface area contributed by atoms with Crippen LogP contribution in [0.3, 0.4) is 0 Å². The van der Waals surface area contributed by atoms with Gasteiger partial charge in [0, 0.05) is 37.9 Å². The lowest BCUT2D eigenvalue weighted by molar-refractivity contribution is -0.0635. The smallest absolute Gasteiger partial charge is 0.225 e. The lowest BCUT2D eigenvalue weighted by Crippen LogP contribution is -2.60. The lowest BCUT2D eigenvalue weighted by Gasteiger charge is -2.48. The molecule has 0 radical (unpaired) electrons. The van der Waals surface area contributed by atoms with Crippen molar-refractivity contribution in [3.63, 3.8) is 0 Å². The molecule has 1 spiro atoms. The maximum atomic E-state index is 6.26. The molecule has 0 unspecified atom stereocenters. The summed E-state index contributed by atoms with van der Waals surface area (Å²) in [6.07, 6.45) is 10.5. The molecule has 7 heteroatoms. The number of hydrogen-bond donors (Lipinski definition) is 0. The fourth-order valence-corrected chi connectivity index (χ4v) is 3.68. The fourth-order valence-electron chi connectivity index (χ4n) is 3.68. The van der Waals surface area contributed by atoms with Gasteiger partial charge in [0.05, 0.1) is 19.7 Å². The van der Waals surface area contributed by atoms with E-state index in [0.717, 1.165) is 62.9 Å². The van der Waals surface area contributed by atoms with Crippen LogP contribution in [0.5, 0.6) is 0 Å². The summed E-state index contributed by atoms with van der Waals surface area (Å²) in [5.41, 5.74) is 0.958. The molecule has 132 valence electrons. The van der Waals surface area contributed by atoms with Crippen molar-refractivity contribution in [2.75, 3.05) is 42.6 Å². The quantitative estimate of drug-likeness (QED) is 0.842. The van der Waals surface area contributed by atoms with Crippen LogP contribution in [0.2, 0.25) is 0 Å². The molecule has 0 N–H and O–H groups in total. The van der Waals surface area contributed by atoms with Crippen LogP contribution >= 0.6 is 0 Å².